The number of benzene rings is 2. The molecule has 0 saturated carbocycles. The molecule has 0 N–H and O–H groups in total. The molecule has 1 heterocycles. The first-order valence-electron chi connectivity index (χ1n) is 6.97. The lowest BCUT2D eigenvalue weighted by atomic mass is 9.98. The van der Waals surface area contributed by atoms with Gasteiger partial charge in [-0.15, -0.1) is 0 Å². The van der Waals surface area contributed by atoms with Gasteiger partial charge >= 0.3 is 0 Å². The number of rotatable bonds is 2. The van der Waals surface area contributed by atoms with Crippen molar-refractivity contribution in [3.05, 3.63) is 71.9 Å². The van der Waals surface area contributed by atoms with E-state index in [1.54, 1.807) is 0 Å². The van der Waals surface area contributed by atoms with Crippen molar-refractivity contribution in [2.45, 2.75) is 13.8 Å². The summed E-state index contributed by atoms with van der Waals surface area (Å²) in [5.74, 6) is 0. The van der Waals surface area contributed by atoms with Crippen LogP contribution in [0.5, 0.6) is 0 Å². The average Bonchev–Trinajstić information content (AvgIpc) is 2.73. The summed E-state index contributed by atoms with van der Waals surface area (Å²) in [6.45, 7) is 4.40. The summed E-state index contributed by atoms with van der Waals surface area (Å²) in [7, 11) is 2.15. The summed E-state index contributed by atoms with van der Waals surface area (Å²) in [4.78, 5) is 0. The molecular formula is C19H19N. The summed E-state index contributed by atoms with van der Waals surface area (Å²) in [5, 5.41) is 0. The molecule has 1 nitrogen and oxygen atoms in total. The minimum Gasteiger partial charge on any atom is -0.347 e. The molecule has 1 aromatic heterocycles. The van der Waals surface area contributed by atoms with Crippen molar-refractivity contribution in [1.29, 1.82) is 0 Å². The number of aromatic nitrogens is 1. The number of hydrogen-bond donors (Lipinski definition) is 0. The lowest BCUT2D eigenvalue weighted by Gasteiger charge is -2.09. The molecule has 0 fully saturated rings. The van der Waals surface area contributed by atoms with Crippen LogP contribution in [0.2, 0.25) is 0 Å². The van der Waals surface area contributed by atoms with E-state index in [1.165, 1.54) is 33.6 Å². The third kappa shape index (κ3) is 1.96. The first-order chi connectivity index (χ1) is 9.70. The Morgan fingerprint density at radius 3 is 1.75 bits per heavy atom. The maximum atomic E-state index is 2.30. The third-order valence-electron chi connectivity index (χ3n) is 4.10. The van der Waals surface area contributed by atoms with E-state index < -0.39 is 0 Å². The molecule has 1 heteroatoms. The van der Waals surface area contributed by atoms with E-state index >= 15 is 0 Å². The number of hydrogen-bond acceptors (Lipinski definition) is 0. The van der Waals surface area contributed by atoms with E-state index in [0.29, 0.717) is 0 Å². The van der Waals surface area contributed by atoms with E-state index in [0.717, 1.165) is 0 Å². The van der Waals surface area contributed by atoms with Crippen LogP contribution in [-0.4, -0.2) is 4.57 Å². The van der Waals surface area contributed by atoms with Crippen LogP contribution in [0.15, 0.2) is 60.7 Å². The first-order valence-corrected chi connectivity index (χ1v) is 6.97. The Bertz CT molecular complexity index is 658. The molecule has 3 rings (SSSR count). The summed E-state index contributed by atoms with van der Waals surface area (Å²) >= 11 is 0. The highest BCUT2D eigenvalue weighted by atomic mass is 15.0. The van der Waals surface area contributed by atoms with E-state index in [-0.39, 0.29) is 0 Å². The van der Waals surface area contributed by atoms with Crippen molar-refractivity contribution in [3.63, 3.8) is 0 Å². The Hall–Kier alpha value is -2.28. The summed E-state index contributed by atoms with van der Waals surface area (Å²) in [6.07, 6.45) is 0. The van der Waals surface area contributed by atoms with Gasteiger partial charge < -0.3 is 4.57 Å². The highest BCUT2D eigenvalue weighted by molar-refractivity contribution is 5.85. The summed E-state index contributed by atoms with van der Waals surface area (Å²) < 4.78 is 2.30. The molecule has 0 atom stereocenters. The predicted octanol–water partition coefficient (Wildman–Crippen LogP) is 4.98. The molecule has 0 aliphatic carbocycles. The second-order valence-corrected chi connectivity index (χ2v) is 5.23. The van der Waals surface area contributed by atoms with Gasteiger partial charge in [0.25, 0.3) is 0 Å². The molecule has 2 aromatic carbocycles. The molecule has 0 radical (unpaired) electrons. The Kier molecular flexibility index (Phi) is 3.19. The van der Waals surface area contributed by atoms with Gasteiger partial charge in [-0.25, -0.2) is 0 Å². The Labute approximate surface area is 120 Å². The van der Waals surface area contributed by atoms with Crippen molar-refractivity contribution in [3.8, 4) is 22.4 Å². The molecule has 0 unspecified atom stereocenters. The van der Waals surface area contributed by atoms with Gasteiger partial charge in [0.2, 0.25) is 0 Å². The van der Waals surface area contributed by atoms with Crippen LogP contribution in [0.4, 0.5) is 0 Å². The molecule has 20 heavy (non-hydrogen) atoms. The SMILES string of the molecule is Cc1c(-c2ccccc2)c(-c2ccccc2)n(C)c1C. The van der Waals surface area contributed by atoms with Crippen LogP contribution in [0, 0.1) is 13.8 Å². The fraction of sp³-hybridized carbons (Fsp3) is 0.158. The van der Waals surface area contributed by atoms with E-state index in [9.17, 15) is 0 Å². The standard InChI is InChI=1S/C19H19N/c1-14-15(2)20(3)19(17-12-8-5-9-13-17)18(14)16-10-6-4-7-11-16/h4-13H,1-3H3. The molecule has 100 valence electrons. The van der Waals surface area contributed by atoms with Crippen molar-refractivity contribution < 1.29 is 0 Å². The monoisotopic (exact) mass is 261 g/mol. The Morgan fingerprint density at radius 2 is 1.20 bits per heavy atom. The second-order valence-electron chi connectivity index (χ2n) is 5.23. The second kappa shape index (κ2) is 5.01. The quantitative estimate of drug-likeness (QED) is 0.613. The van der Waals surface area contributed by atoms with Crippen LogP contribution in [-0.2, 0) is 7.05 Å². The van der Waals surface area contributed by atoms with Gasteiger partial charge in [-0.3, -0.25) is 0 Å². The average molecular weight is 261 g/mol. The third-order valence-corrected chi connectivity index (χ3v) is 4.10. The molecule has 3 aromatic rings. The van der Waals surface area contributed by atoms with Crippen molar-refractivity contribution >= 4 is 0 Å². The fourth-order valence-corrected chi connectivity index (χ4v) is 2.84. The van der Waals surface area contributed by atoms with Gasteiger partial charge in [0.1, 0.15) is 0 Å². The van der Waals surface area contributed by atoms with E-state index in [4.69, 9.17) is 0 Å². The Balaban J connectivity index is 2.32. The normalized spacial score (nSPS) is 10.8. The van der Waals surface area contributed by atoms with Gasteiger partial charge in [0.15, 0.2) is 0 Å². The van der Waals surface area contributed by atoms with Crippen LogP contribution in [0.25, 0.3) is 22.4 Å². The van der Waals surface area contributed by atoms with E-state index in [1.807, 2.05) is 0 Å². The minimum atomic E-state index is 1.27. The molecular weight excluding hydrogens is 242 g/mol. The summed E-state index contributed by atoms with van der Waals surface area (Å²) in [6, 6.07) is 21.3. The smallest absolute Gasteiger partial charge is 0.0562 e. The lowest BCUT2D eigenvalue weighted by Crippen LogP contribution is -1.94. The van der Waals surface area contributed by atoms with Gasteiger partial charge in [-0.05, 0) is 30.5 Å². The van der Waals surface area contributed by atoms with Gasteiger partial charge in [0, 0.05) is 18.3 Å². The molecule has 0 spiro atoms. The van der Waals surface area contributed by atoms with Crippen molar-refractivity contribution in [2.24, 2.45) is 7.05 Å². The molecule has 0 bridgehead atoms. The van der Waals surface area contributed by atoms with Crippen LogP contribution >= 0.6 is 0 Å². The zero-order valence-corrected chi connectivity index (χ0v) is 12.2. The number of nitrogens with zero attached hydrogens (tertiary/aromatic N) is 1. The highest BCUT2D eigenvalue weighted by Gasteiger charge is 2.17. The lowest BCUT2D eigenvalue weighted by molar-refractivity contribution is 0.885. The largest absolute Gasteiger partial charge is 0.347 e. The zero-order chi connectivity index (χ0) is 14.1. The predicted molar refractivity (Wildman–Crippen MR) is 85.8 cm³/mol. The highest BCUT2D eigenvalue weighted by Crippen LogP contribution is 2.37. The first kappa shape index (κ1) is 12.7. The molecule has 0 aliphatic heterocycles. The van der Waals surface area contributed by atoms with Gasteiger partial charge in [0.05, 0.1) is 5.69 Å². The maximum Gasteiger partial charge on any atom is 0.0562 e. The molecule has 0 saturated heterocycles. The van der Waals surface area contributed by atoms with E-state index in [2.05, 4.69) is 86.1 Å². The zero-order valence-electron chi connectivity index (χ0n) is 12.2. The van der Waals surface area contributed by atoms with Gasteiger partial charge in [-0.1, -0.05) is 60.7 Å². The van der Waals surface area contributed by atoms with Crippen molar-refractivity contribution in [2.75, 3.05) is 0 Å². The minimum absolute atomic E-state index is 1.27. The van der Waals surface area contributed by atoms with Gasteiger partial charge in [-0.2, -0.15) is 0 Å². The molecule has 0 aliphatic rings. The summed E-state index contributed by atoms with van der Waals surface area (Å²) in [5.41, 5.74) is 7.88. The van der Waals surface area contributed by atoms with Crippen LogP contribution in [0.1, 0.15) is 11.3 Å². The maximum absolute atomic E-state index is 2.30. The van der Waals surface area contributed by atoms with Crippen molar-refractivity contribution in [1.82, 2.24) is 4.57 Å². The molecule has 0 amide bonds. The van der Waals surface area contributed by atoms with Crippen LogP contribution in [0.3, 0.4) is 0 Å². The topological polar surface area (TPSA) is 4.93 Å². The Morgan fingerprint density at radius 1 is 0.700 bits per heavy atom. The van der Waals surface area contributed by atoms with Crippen LogP contribution < -0.4 is 0 Å². The fourth-order valence-electron chi connectivity index (χ4n) is 2.84.